The summed E-state index contributed by atoms with van der Waals surface area (Å²) in [7, 11) is -2.64. The highest BCUT2D eigenvalue weighted by molar-refractivity contribution is 8.01. The Balaban J connectivity index is 2.44. The molecule has 1 heterocycles. The predicted octanol–water partition coefficient (Wildman–Crippen LogP) is 0.927. The van der Waals surface area contributed by atoms with E-state index in [1.807, 2.05) is 0 Å². The van der Waals surface area contributed by atoms with E-state index in [2.05, 4.69) is 6.92 Å². The Hall–Kier alpha value is 0.300. The first-order valence-corrected chi connectivity index (χ1v) is 6.33. The average molecular weight is 180 g/mol. The Morgan fingerprint density at radius 1 is 1.60 bits per heavy atom. The molecule has 10 heavy (non-hydrogen) atoms. The van der Waals surface area contributed by atoms with Gasteiger partial charge in [-0.15, -0.1) is 0 Å². The molecule has 0 aromatic carbocycles. The van der Waals surface area contributed by atoms with Gasteiger partial charge < -0.3 is 0 Å². The summed E-state index contributed by atoms with van der Waals surface area (Å²) in [4.78, 5) is 0. The second kappa shape index (κ2) is 3.13. The summed E-state index contributed by atoms with van der Waals surface area (Å²) < 4.78 is 21.8. The fraction of sp³-hybridized carbons (Fsp3) is 1.00. The highest BCUT2D eigenvalue weighted by Gasteiger charge is 2.27. The van der Waals surface area contributed by atoms with Crippen LogP contribution in [0.2, 0.25) is 0 Å². The van der Waals surface area contributed by atoms with Gasteiger partial charge in [-0.2, -0.15) is 11.8 Å². The van der Waals surface area contributed by atoms with Crippen LogP contribution in [0, 0.1) is 0 Å². The summed E-state index contributed by atoms with van der Waals surface area (Å²) in [6.45, 7) is 2.07. The van der Waals surface area contributed by atoms with E-state index in [0.29, 0.717) is 16.8 Å². The summed E-state index contributed by atoms with van der Waals surface area (Å²) in [5.41, 5.74) is 0. The topological polar surface area (TPSA) is 34.1 Å². The summed E-state index contributed by atoms with van der Waals surface area (Å²) in [5.74, 6) is 1.84. The minimum atomic E-state index is -2.64. The van der Waals surface area contributed by atoms with Crippen molar-refractivity contribution < 1.29 is 8.42 Å². The summed E-state index contributed by atoms with van der Waals surface area (Å²) in [6.07, 6.45) is 0.862. The Labute approximate surface area is 66.3 Å². The molecular weight excluding hydrogens is 168 g/mol. The highest BCUT2D eigenvalue weighted by Crippen LogP contribution is 2.23. The van der Waals surface area contributed by atoms with Crippen LogP contribution < -0.4 is 0 Å². The maximum absolute atomic E-state index is 10.9. The molecule has 1 unspecified atom stereocenters. The standard InChI is InChI=1S/C6H12O2S2/c1-2-9-6-3-4-10(7,8)5-6/h6H,2-5H2,1H3. The molecule has 0 amide bonds. The van der Waals surface area contributed by atoms with Crippen LogP contribution >= 0.6 is 11.8 Å². The molecule has 0 aromatic heterocycles. The van der Waals surface area contributed by atoms with E-state index < -0.39 is 9.84 Å². The minimum absolute atomic E-state index is 0.384. The number of rotatable bonds is 2. The number of thioether (sulfide) groups is 1. The van der Waals surface area contributed by atoms with Crippen LogP contribution in [0.15, 0.2) is 0 Å². The minimum Gasteiger partial charge on any atom is -0.229 e. The first-order chi connectivity index (χ1) is 4.64. The van der Waals surface area contributed by atoms with Crippen molar-refractivity contribution in [2.24, 2.45) is 0 Å². The van der Waals surface area contributed by atoms with Gasteiger partial charge in [-0.3, -0.25) is 0 Å². The molecule has 0 spiro atoms. The van der Waals surface area contributed by atoms with E-state index in [-0.39, 0.29) is 0 Å². The smallest absolute Gasteiger partial charge is 0.151 e. The van der Waals surface area contributed by atoms with E-state index in [4.69, 9.17) is 0 Å². The fourth-order valence-corrected chi connectivity index (χ4v) is 4.58. The first kappa shape index (κ1) is 8.40. The van der Waals surface area contributed by atoms with Gasteiger partial charge in [-0.1, -0.05) is 6.92 Å². The number of hydrogen-bond donors (Lipinski definition) is 0. The zero-order valence-corrected chi connectivity index (χ0v) is 7.67. The second-order valence-electron chi connectivity index (χ2n) is 2.48. The van der Waals surface area contributed by atoms with Crippen LogP contribution in [0.3, 0.4) is 0 Å². The lowest BCUT2D eigenvalue weighted by Gasteiger charge is -2.02. The highest BCUT2D eigenvalue weighted by atomic mass is 32.2. The van der Waals surface area contributed by atoms with Gasteiger partial charge in [0.15, 0.2) is 9.84 Å². The first-order valence-electron chi connectivity index (χ1n) is 3.46. The van der Waals surface area contributed by atoms with Crippen molar-refractivity contribution in [1.29, 1.82) is 0 Å². The van der Waals surface area contributed by atoms with E-state index >= 15 is 0 Å². The van der Waals surface area contributed by atoms with Gasteiger partial charge in [-0.25, -0.2) is 8.42 Å². The summed E-state index contributed by atoms with van der Waals surface area (Å²) in [5, 5.41) is 0.384. The molecule has 1 fully saturated rings. The third-order valence-corrected chi connectivity index (χ3v) is 4.78. The zero-order chi connectivity index (χ0) is 7.61. The number of sulfone groups is 1. The lowest BCUT2D eigenvalue weighted by molar-refractivity contribution is 0.602. The van der Waals surface area contributed by atoms with Gasteiger partial charge in [0.2, 0.25) is 0 Å². The molecule has 1 saturated heterocycles. The molecule has 0 aliphatic carbocycles. The Morgan fingerprint density at radius 3 is 2.70 bits per heavy atom. The van der Waals surface area contributed by atoms with Gasteiger partial charge in [0.25, 0.3) is 0 Å². The molecule has 1 rings (SSSR count). The summed E-state index contributed by atoms with van der Waals surface area (Å²) in [6, 6.07) is 0. The van der Waals surface area contributed by atoms with Crippen LogP contribution in [0.1, 0.15) is 13.3 Å². The van der Waals surface area contributed by atoms with Crippen molar-refractivity contribution in [1.82, 2.24) is 0 Å². The van der Waals surface area contributed by atoms with E-state index in [1.54, 1.807) is 11.8 Å². The quantitative estimate of drug-likeness (QED) is 0.634. The third-order valence-electron chi connectivity index (χ3n) is 1.59. The van der Waals surface area contributed by atoms with Gasteiger partial charge in [0, 0.05) is 5.25 Å². The molecule has 1 atom stereocenters. The van der Waals surface area contributed by atoms with E-state index in [1.165, 1.54) is 0 Å². The summed E-state index contributed by atoms with van der Waals surface area (Å²) >= 11 is 1.76. The molecule has 0 radical (unpaired) electrons. The van der Waals surface area contributed by atoms with Crippen molar-refractivity contribution in [3.63, 3.8) is 0 Å². The molecule has 4 heteroatoms. The SMILES string of the molecule is CCSC1CCS(=O)(=O)C1. The van der Waals surface area contributed by atoms with Crippen LogP contribution in [0.4, 0.5) is 0 Å². The maximum atomic E-state index is 10.9. The van der Waals surface area contributed by atoms with Gasteiger partial charge in [0.1, 0.15) is 0 Å². The lowest BCUT2D eigenvalue weighted by atomic mass is 10.4. The van der Waals surface area contributed by atoms with Crippen molar-refractivity contribution >= 4 is 21.6 Å². The number of hydrogen-bond acceptors (Lipinski definition) is 3. The largest absolute Gasteiger partial charge is 0.229 e. The van der Waals surface area contributed by atoms with Crippen molar-refractivity contribution in [3.8, 4) is 0 Å². The maximum Gasteiger partial charge on any atom is 0.151 e. The van der Waals surface area contributed by atoms with E-state index in [0.717, 1.165) is 12.2 Å². The van der Waals surface area contributed by atoms with Gasteiger partial charge in [-0.05, 0) is 12.2 Å². The third kappa shape index (κ3) is 2.16. The Morgan fingerprint density at radius 2 is 2.30 bits per heavy atom. The van der Waals surface area contributed by atoms with Gasteiger partial charge >= 0.3 is 0 Å². The molecule has 0 saturated carbocycles. The molecule has 1 aliphatic rings. The molecular formula is C6H12O2S2. The molecule has 0 aromatic rings. The molecule has 1 aliphatic heterocycles. The molecule has 0 N–H and O–H groups in total. The monoisotopic (exact) mass is 180 g/mol. The molecule has 2 nitrogen and oxygen atoms in total. The van der Waals surface area contributed by atoms with Crippen LogP contribution in [0.5, 0.6) is 0 Å². The Kier molecular flexibility index (Phi) is 2.63. The van der Waals surface area contributed by atoms with Crippen molar-refractivity contribution in [3.05, 3.63) is 0 Å². The van der Waals surface area contributed by atoms with Gasteiger partial charge in [0.05, 0.1) is 11.5 Å². The lowest BCUT2D eigenvalue weighted by Crippen LogP contribution is -2.06. The van der Waals surface area contributed by atoms with Crippen LogP contribution in [-0.2, 0) is 9.84 Å². The fourth-order valence-electron chi connectivity index (χ4n) is 1.13. The van der Waals surface area contributed by atoms with Crippen molar-refractivity contribution in [2.45, 2.75) is 18.6 Å². The Bertz CT molecular complexity index is 196. The second-order valence-corrected chi connectivity index (χ2v) is 6.29. The normalized spacial score (nSPS) is 30.7. The average Bonchev–Trinajstić information content (AvgIpc) is 2.12. The predicted molar refractivity (Wildman–Crippen MR) is 45.2 cm³/mol. The van der Waals surface area contributed by atoms with Crippen LogP contribution in [0.25, 0.3) is 0 Å². The molecule has 0 bridgehead atoms. The molecule has 60 valence electrons. The van der Waals surface area contributed by atoms with E-state index in [9.17, 15) is 8.42 Å². The van der Waals surface area contributed by atoms with Crippen LogP contribution in [-0.4, -0.2) is 30.9 Å². The van der Waals surface area contributed by atoms with Crippen molar-refractivity contribution in [2.75, 3.05) is 17.3 Å². The zero-order valence-electron chi connectivity index (χ0n) is 6.04.